The Morgan fingerprint density at radius 3 is 2.80 bits per heavy atom. The summed E-state index contributed by atoms with van der Waals surface area (Å²) in [7, 11) is 1.57. The van der Waals surface area contributed by atoms with Crippen molar-refractivity contribution in [3.63, 3.8) is 0 Å². The zero-order valence-electron chi connectivity index (χ0n) is 13.7. The number of hydrogen-bond acceptors (Lipinski definition) is 4. The molecule has 2 heterocycles. The minimum absolute atomic E-state index is 0.0390. The van der Waals surface area contributed by atoms with Crippen molar-refractivity contribution in [1.29, 1.82) is 0 Å². The zero-order valence-corrected chi connectivity index (χ0v) is 13.7. The molecule has 1 aromatic carbocycles. The average Bonchev–Trinajstić information content (AvgIpc) is 3.24. The summed E-state index contributed by atoms with van der Waals surface area (Å²) >= 11 is 0. The molecule has 6 nitrogen and oxygen atoms in total. The van der Waals surface area contributed by atoms with Crippen LogP contribution < -0.4 is 10.9 Å². The molecule has 1 N–H and O–H groups in total. The van der Waals surface area contributed by atoms with Gasteiger partial charge in [0.2, 0.25) is 5.71 Å². The van der Waals surface area contributed by atoms with Crippen molar-refractivity contribution in [2.45, 2.75) is 25.3 Å². The van der Waals surface area contributed by atoms with E-state index in [1.165, 1.54) is 23.0 Å². The predicted molar refractivity (Wildman–Crippen MR) is 89.0 cm³/mol. The Hall–Kier alpha value is -2.96. The van der Waals surface area contributed by atoms with Crippen molar-refractivity contribution < 1.29 is 13.6 Å². The molecule has 0 unspecified atom stereocenters. The largest absolute Gasteiger partial charge is 0.442 e. The van der Waals surface area contributed by atoms with Gasteiger partial charge in [0.15, 0.2) is 0 Å². The predicted octanol–water partition coefficient (Wildman–Crippen LogP) is 2.26. The lowest BCUT2D eigenvalue weighted by Crippen LogP contribution is -2.28. The Morgan fingerprint density at radius 2 is 2.08 bits per heavy atom. The number of aryl methyl sites for hydroxylation is 2. The van der Waals surface area contributed by atoms with Crippen molar-refractivity contribution in [3.05, 3.63) is 63.7 Å². The molecule has 3 aromatic rings. The summed E-state index contributed by atoms with van der Waals surface area (Å²) in [4.78, 5) is 29.1. The molecule has 1 saturated carbocycles. The van der Waals surface area contributed by atoms with Gasteiger partial charge in [0.05, 0.1) is 5.56 Å². The van der Waals surface area contributed by atoms with E-state index in [0.29, 0.717) is 5.76 Å². The van der Waals surface area contributed by atoms with E-state index in [1.54, 1.807) is 26.1 Å². The smallest absolute Gasteiger partial charge is 0.265 e. The van der Waals surface area contributed by atoms with Crippen molar-refractivity contribution in [2.75, 3.05) is 0 Å². The van der Waals surface area contributed by atoms with Crippen LogP contribution in [0.2, 0.25) is 0 Å². The third kappa shape index (κ3) is 2.61. The Morgan fingerprint density at radius 1 is 1.36 bits per heavy atom. The van der Waals surface area contributed by atoms with Gasteiger partial charge >= 0.3 is 0 Å². The maximum atomic E-state index is 13.0. The molecule has 2 aromatic heterocycles. The molecule has 0 spiro atoms. The summed E-state index contributed by atoms with van der Waals surface area (Å²) < 4.78 is 19.8. The van der Waals surface area contributed by atoms with Crippen molar-refractivity contribution in [3.8, 4) is 0 Å². The number of furan rings is 1. The number of nitrogens with one attached hydrogen (secondary N) is 1. The molecule has 1 aliphatic rings. The number of carbonyl (C=O) groups excluding carboxylic acids is 1. The van der Waals surface area contributed by atoms with E-state index in [0.717, 1.165) is 12.0 Å². The van der Waals surface area contributed by atoms with Crippen LogP contribution >= 0.6 is 0 Å². The van der Waals surface area contributed by atoms with Crippen molar-refractivity contribution in [2.24, 2.45) is 7.05 Å². The van der Waals surface area contributed by atoms with Crippen LogP contribution in [0.15, 0.2) is 39.8 Å². The summed E-state index contributed by atoms with van der Waals surface area (Å²) in [5.74, 6) is -0.115. The van der Waals surface area contributed by atoms with E-state index in [1.807, 2.05) is 0 Å². The first-order valence-corrected chi connectivity index (χ1v) is 7.96. The number of fused-ring (bicyclic) bond motifs is 1. The van der Waals surface area contributed by atoms with E-state index in [9.17, 15) is 14.0 Å². The van der Waals surface area contributed by atoms with E-state index in [4.69, 9.17) is 4.42 Å². The van der Waals surface area contributed by atoms with Crippen LogP contribution in [0, 0.1) is 12.7 Å². The fourth-order valence-electron chi connectivity index (χ4n) is 3.13. The summed E-state index contributed by atoms with van der Waals surface area (Å²) in [6.07, 6.45) is 2.14. The van der Waals surface area contributed by atoms with Gasteiger partial charge in [-0.3, -0.25) is 9.59 Å². The van der Waals surface area contributed by atoms with E-state index in [2.05, 4.69) is 10.3 Å². The highest BCUT2D eigenvalue weighted by atomic mass is 19.1. The van der Waals surface area contributed by atoms with Gasteiger partial charge < -0.3 is 14.3 Å². The van der Waals surface area contributed by atoms with Crippen LogP contribution in [0.1, 0.15) is 34.0 Å². The first-order valence-electron chi connectivity index (χ1n) is 7.96. The van der Waals surface area contributed by atoms with Gasteiger partial charge in [0.25, 0.3) is 11.5 Å². The number of hydrogen-bond donors (Lipinski definition) is 1. The van der Waals surface area contributed by atoms with Crippen LogP contribution in [-0.4, -0.2) is 21.5 Å². The number of rotatable bonds is 3. The highest BCUT2D eigenvalue weighted by Crippen LogP contribution is 2.41. The first kappa shape index (κ1) is 15.6. The molecule has 1 fully saturated rings. The van der Waals surface area contributed by atoms with Crippen molar-refractivity contribution >= 4 is 17.0 Å². The molecule has 0 bridgehead atoms. The summed E-state index contributed by atoms with van der Waals surface area (Å²) in [5, 5.41) is 3.12. The normalized spacial score (nSPS) is 19.2. The highest BCUT2D eigenvalue weighted by molar-refractivity contribution is 6.06. The lowest BCUT2D eigenvalue weighted by atomic mass is 10.1. The fraction of sp³-hybridized carbons (Fsp3) is 0.278. The molecule has 128 valence electrons. The lowest BCUT2D eigenvalue weighted by molar-refractivity contribution is 0.0950. The van der Waals surface area contributed by atoms with Gasteiger partial charge in [-0.1, -0.05) is 12.1 Å². The number of aromatic nitrogens is 2. The molecule has 1 amide bonds. The number of nitrogens with zero attached hydrogens (tertiary/aromatic N) is 2. The van der Waals surface area contributed by atoms with E-state index in [-0.39, 0.29) is 45.9 Å². The average molecular weight is 341 g/mol. The summed E-state index contributed by atoms with van der Waals surface area (Å²) in [6.45, 7) is 1.64. The zero-order chi connectivity index (χ0) is 17.7. The minimum atomic E-state index is -0.351. The summed E-state index contributed by atoms with van der Waals surface area (Å²) in [6, 6.07) is 6.24. The van der Waals surface area contributed by atoms with Crippen LogP contribution in [0.25, 0.3) is 11.1 Å². The standard InChI is InChI=1S/C18H16FN3O3/c1-9-14(15-17(25-9)20-8-22(2)18(15)24)16(23)21-13-7-12(13)10-3-5-11(19)6-4-10/h3-6,8,12-13H,7H2,1-2H3,(H,21,23)/t12-,13-/m1/s1. The molecular weight excluding hydrogens is 325 g/mol. The third-order valence-electron chi connectivity index (χ3n) is 4.58. The van der Waals surface area contributed by atoms with Crippen LogP contribution in [0.5, 0.6) is 0 Å². The second-order valence-corrected chi connectivity index (χ2v) is 6.35. The number of amides is 1. The van der Waals surface area contributed by atoms with Crippen LogP contribution in [0.4, 0.5) is 4.39 Å². The van der Waals surface area contributed by atoms with Crippen LogP contribution in [-0.2, 0) is 7.05 Å². The van der Waals surface area contributed by atoms with Crippen molar-refractivity contribution in [1.82, 2.24) is 14.9 Å². The molecular formula is C18H16FN3O3. The van der Waals surface area contributed by atoms with Crippen LogP contribution in [0.3, 0.4) is 0 Å². The quantitative estimate of drug-likeness (QED) is 0.793. The molecule has 4 rings (SSSR count). The number of benzene rings is 1. The van der Waals surface area contributed by atoms with E-state index >= 15 is 0 Å². The Kier molecular flexibility index (Phi) is 3.45. The number of carbonyl (C=O) groups is 1. The second kappa shape index (κ2) is 5.54. The molecule has 2 atom stereocenters. The van der Waals surface area contributed by atoms with Gasteiger partial charge in [-0.2, -0.15) is 0 Å². The minimum Gasteiger partial charge on any atom is -0.442 e. The molecule has 0 saturated heterocycles. The molecule has 7 heteroatoms. The maximum absolute atomic E-state index is 13.0. The lowest BCUT2D eigenvalue weighted by Gasteiger charge is -2.05. The van der Waals surface area contributed by atoms with Gasteiger partial charge in [-0.05, 0) is 31.0 Å². The van der Waals surface area contributed by atoms with E-state index < -0.39 is 0 Å². The highest BCUT2D eigenvalue weighted by Gasteiger charge is 2.40. The monoisotopic (exact) mass is 341 g/mol. The molecule has 0 radical (unpaired) electrons. The van der Waals surface area contributed by atoms with Gasteiger partial charge in [-0.25, -0.2) is 9.37 Å². The summed E-state index contributed by atoms with van der Waals surface area (Å²) in [5.41, 5.74) is 1.06. The van der Waals surface area contributed by atoms with Gasteiger partial charge in [0.1, 0.15) is 23.3 Å². The first-order chi connectivity index (χ1) is 12.0. The number of halogens is 1. The molecule has 25 heavy (non-hydrogen) atoms. The Balaban J connectivity index is 1.60. The fourth-order valence-corrected chi connectivity index (χ4v) is 3.13. The Labute approximate surface area is 142 Å². The maximum Gasteiger partial charge on any atom is 0.265 e. The Bertz CT molecular complexity index is 1040. The SMILES string of the molecule is Cc1oc2ncn(C)c(=O)c2c1C(=O)N[C@@H]1C[C@@H]1c1ccc(F)cc1. The molecule has 0 aliphatic heterocycles. The molecule has 1 aliphatic carbocycles. The van der Waals surface area contributed by atoms with Gasteiger partial charge in [0, 0.05) is 19.0 Å². The second-order valence-electron chi connectivity index (χ2n) is 6.35. The third-order valence-corrected chi connectivity index (χ3v) is 4.58. The van der Waals surface area contributed by atoms with Gasteiger partial charge in [-0.15, -0.1) is 0 Å². The topological polar surface area (TPSA) is 77.1 Å².